The summed E-state index contributed by atoms with van der Waals surface area (Å²) >= 11 is 0. The number of aliphatic hydroxyl groups excluding tert-OH is 12. The predicted molar refractivity (Wildman–Crippen MR) is 251 cm³/mol. The molecule has 9 rings (SSSR count). The van der Waals surface area contributed by atoms with Gasteiger partial charge in [-0.2, -0.15) is 0 Å². The predicted octanol–water partition coefficient (Wildman–Crippen LogP) is -0.757. The number of hydrogen-bond donors (Lipinski definition) is 12. The van der Waals surface area contributed by atoms with Gasteiger partial charge >= 0.3 is 5.97 Å². The van der Waals surface area contributed by atoms with Crippen LogP contribution in [0.3, 0.4) is 0 Å². The number of ether oxygens (including phenoxy) is 8. The minimum absolute atomic E-state index is 0.00608. The standard InChI is InChI=1S/C52H84O21/c1-23-40(71-42-37(62)32(57)26(55)20-66-42)36(61)39(64)43(68-23)72-41-33(58)27(56)21-67-45(41)73-46(65)52-16-14-47(2,3)18-25(52)24-8-9-30-48(4)12-11-31(70-44-38(63)35(60)34(59)28(19-53)69-44)49(5,22-54)29(48)10-13-51(30,7)50(24,6)15-17-52/h8,23,25-45,53-64H,9-22H2,1-7H3. The maximum Gasteiger partial charge on any atom is 0.315 e. The Morgan fingerprint density at radius 1 is 0.630 bits per heavy atom. The van der Waals surface area contributed by atoms with Crippen molar-refractivity contribution >= 4 is 5.97 Å². The maximum absolute atomic E-state index is 15.2. The van der Waals surface area contributed by atoms with Gasteiger partial charge in [0.25, 0.3) is 0 Å². The zero-order chi connectivity index (χ0) is 53.1. The Bertz CT molecular complexity index is 2010. The van der Waals surface area contributed by atoms with Crippen molar-refractivity contribution in [3.63, 3.8) is 0 Å². The van der Waals surface area contributed by atoms with Gasteiger partial charge in [-0.15, -0.1) is 0 Å². The second-order valence-corrected chi connectivity index (χ2v) is 25.2. The van der Waals surface area contributed by atoms with Crippen LogP contribution < -0.4 is 0 Å². The third-order valence-corrected chi connectivity index (χ3v) is 20.7. The molecule has 21 heteroatoms. The molecule has 27 atom stereocenters. The van der Waals surface area contributed by atoms with Crippen molar-refractivity contribution in [3.8, 4) is 0 Å². The Labute approximate surface area is 426 Å². The summed E-state index contributed by atoms with van der Waals surface area (Å²) in [5, 5.41) is 128. The highest BCUT2D eigenvalue weighted by Gasteiger charge is 2.71. The van der Waals surface area contributed by atoms with Crippen molar-refractivity contribution in [2.24, 2.45) is 50.2 Å². The van der Waals surface area contributed by atoms with Gasteiger partial charge in [-0.1, -0.05) is 53.2 Å². The van der Waals surface area contributed by atoms with E-state index in [-0.39, 0.29) is 52.6 Å². The average Bonchev–Trinajstić information content (AvgIpc) is 3.34. The van der Waals surface area contributed by atoms with Crippen molar-refractivity contribution in [2.45, 2.75) is 229 Å². The molecule has 5 aliphatic carbocycles. The summed E-state index contributed by atoms with van der Waals surface area (Å²) in [4.78, 5) is 15.2. The largest absolute Gasteiger partial charge is 0.432 e. The molecule has 4 aliphatic heterocycles. The number of aliphatic hydroxyl groups is 12. The van der Waals surface area contributed by atoms with Crippen LogP contribution in [0.4, 0.5) is 0 Å². The highest BCUT2D eigenvalue weighted by Crippen LogP contribution is 2.76. The number of carbonyl (C=O) groups excluding carboxylic acids is 1. The van der Waals surface area contributed by atoms with Crippen LogP contribution in [0.25, 0.3) is 0 Å². The molecule has 4 saturated carbocycles. The van der Waals surface area contributed by atoms with E-state index < -0.39 is 147 Å². The van der Waals surface area contributed by atoms with E-state index in [0.29, 0.717) is 32.1 Å². The van der Waals surface area contributed by atoms with Gasteiger partial charge < -0.3 is 99.2 Å². The van der Waals surface area contributed by atoms with E-state index in [2.05, 4.69) is 40.7 Å². The van der Waals surface area contributed by atoms with Crippen LogP contribution in [0.5, 0.6) is 0 Å². The lowest BCUT2D eigenvalue weighted by atomic mass is 9.33. The van der Waals surface area contributed by atoms with Crippen LogP contribution in [0.2, 0.25) is 0 Å². The molecule has 9 aliphatic rings. The summed E-state index contributed by atoms with van der Waals surface area (Å²) in [6.07, 6.45) is -18.5. The first-order valence-electron chi connectivity index (χ1n) is 26.7. The minimum atomic E-state index is -1.84. The summed E-state index contributed by atoms with van der Waals surface area (Å²) < 4.78 is 47.6. The van der Waals surface area contributed by atoms with Crippen LogP contribution in [0, 0.1) is 50.2 Å². The van der Waals surface area contributed by atoms with Crippen LogP contribution in [-0.4, -0.2) is 210 Å². The fourth-order valence-corrected chi connectivity index (χ4v) is 15.9. The van der Waals surface area contributed by atoms with Crippen molar-refractivity contribution in [1.82, 2.24) is 0 Å². The van der Waals surface area contributed by atoms with E-state index in [4.69, 9.17) is 37.9 Å². The van der Waals surface area contributed by atoms with Gasteiger partial charge in [0, 0.05) is 5.41 Å². The van der Waals surface area contributed by atoms with E-state index in [9.17, 15) is 61.3 Å². The van der Waals surface area contributed by atoms with Gasteiger partial charge in [-0.05, 0) is 111 Å². The SMILES string of the molecule is CC1OC(OC2C(OC(=O)C34CCC(C)(C)CC3C3=CCC5C6(C)CCC(OC7OC(CO)C(O)C(O)C7O)C(C)(CO)C6CCC5(C)C3(C)CC4)OCC(O)C2O)C(O)C(O)C1OC1OCC(O)C(O)C1O. The molecule has 73 heavy (non-hydrogen) atoms. The lowest BCUT2D eigenvalue weighted by Gasteiger charge is -2.71. The number of carbonyl (C=O) groups is 1. The molecule has 21 nitrogen and oxygen atoms in total. The first-order chi connectivity index (χ1) is 34.2. The molecule has 0 aromatic rings. The Kier molecular flexibility index (Phi) is 15.6. The van der Waals surface area contributed by atoms with Crippen LogP contribution in [0.1, 0.15) is 113 Å². The summed E-state index contributed by atoms with van der Waals surface area (Å²) in [6, 6.07) is 0. The lowest BCUT2D eigenvalue weighted by molar-refractivity contribution is -0.368. The van der Waals surface area contributed by atoms with Crippen LogP contribution >= 0.6 is 0 Å². The molecule has 4 saturated heterocycles. The van der Waals surface area contributed by atoms with Crippen molar-refractivity contribution in [2.75, 3.05) is 26.4 Å². The fourth-order valence-electron chi connectivity index (χ4n) is 15.9. The molecule has 0 aromatic carbocycles. The third kappa shape index (κ3) is 9.10. The topological polar surface area (TPSA) is 334 Å². The van der Waals surface area contributed by atoms with Gasteiger partial charge in [0.2, 0.25) is 6.29 Å². The number of esters is 1. The average molecular weight is 1050 g/mol. The smallest absolute Gasteiger partial charge is 0.315 e. The molecular formula is C52H84O21. The van der Waals surface area contributed by atoms with Gasteiger partial charge in [-0.25, -0.2) is 0 Å². The molecular weight excluding hydrogens is 961 g/mol. The van der Waals surface area contributed by atoms with Gasteiger partial charge in [0.05, 0.1) is 44.1 Å². The first-order valence-corrected chi connectivity index (χ1v) is 26.7. The molecule has 0 radical (unpaired) electrons. The molecule has 0 bridgehead atoms. The number of rotatable bonds is 10. The van der Waals surface area contributed by atoms with Crippen molar-refractivity contribution < 1.29 is 104 Å². The summed E-state index contributed by atoms with van der Waals surface area (Å²) in [5.41, 5.74) is -1.48. The van der Waals surface area contributed by atoms with Gasteiger partial charge in [0.15, 0.2) is 25.0 Å². The Hall–Kier alpha value is -1.55. The Morgan fingerprint density at radius 2 is 1.25 bits per heavy atom. The number of hydrogen-bond acceptors (Lipinski definition) is 21. The summed E-state index contributed by atoms with van der Waals surface area (Å²) in [7, 11) is 0. The van der Waals surface area contributed by atoms with Crippen molar-refractivity contribution in [1.29, 1.82) is 0 Å². The zero-order valence-electron chi connectivity index (χ0n) is 43.2. The molecule has 0 spiro atoms. The summed E-state index contributed by atoms with van der Waals surface area (Å²) in [5.74, 6) is -0.572. The zero-order valence-corrected chi connectivity index (χ0v) is 43.2. The molecule has 27 unspecified atom stereocenters. The summed E-state index contributed by atoms with van der Waals surface area (Å²) in [6.45, 7) is 13.5. The maximum atomic E-state index is 15.2. The van der Waals surface area contributed by atoms with E-state index in [1.807, 2.05) is 6.92 Å². The Morgan fingerprint density at radius 3 is 1.93 bits per heavy atom. The molecule has 0 amide bonds. The van der Waals surface area contributed by atoms with E-state index in [1.165, 1.54) is 12.5 Å². The lowest BCUT2D eigenvalue weighted by Crippen LogP contribution is -2.67. The van der Waals surface area contributed by atoms with E-state index in [1.54, 1.807) is 0 Å². The Balaban J connectivity index is 0.936. The molecule has 4 heterocycles. The first kappa shape index (κ1) is 56.2. The highest BCUT2D eigenvalue weighted by molar-refractivity contribution is 5.79. The van der Waals surface area contributed by atoms with Gasteiger partial charge in [0.1, 0.15) is 73.2 Å². The monoisotopic (exact) mass is 1040 g/mol. The fraction of sp³-hybridized carbons (Fsp3) is 0.942. The molecule has 418 valence electrons. The normalized spacial score (nSPS) is 55.0. The second kappa shape index (κ2) is 20.3. The molecule has 12 N–H and O–H groups in total. The van der Waals surface area contributed by atoms with Crippen LogP contribution in [-0.2, 0) is 42.7 Å². The van der Waals surface area contributed by atoms with E-state index >= 15 is 4.79 Å². The molecule has 0 aromatic heterocycles. The molecule has 8 fully saturated rings. The third-order valence-electron chi connectivity index (χ3n) is 20.7. The van der Waals surface area contributed by atoms with Crippen molar-refractivity contribution in [3.05, 3.63) is 11.6 Å². The second-order valence-electron chi connectivity index (χ2n) is 25.2. The minimum Gasteiger partial charge on any atom is -0.432 e. The number of allylic oxidation sites excluding steroid dienone is 2. The quantitative estimate of drug-likeness (QED) is 0.0727. The van der Waals surface area contributed by atoms with Gasteiger partial charge in [-0.3, -0.25) is 4.79 Å². The van der Waals surface area contributed by atoms with Crippen LogP contribution in [0.15, 0.2) is 11.6 Å². The number of fused-ring (bicyclic) bond motifs is 7. The van der Waals surface area contributed by atoms with E-state index in [0.717, 1.165) is 32.1 Å². The highest BCUT2D eigenvalue weighted by atomic mass is 16.8.